The van der Waals surface area contributed by atoms with E-state index in [1.807, 2.05) is 19.0 Å². The second-order valence-electron chi connectivity index (χ2n) is 1.84. The predicted octanol–water partition coefficient (Wildman–Crippen LogP) is 3.05. The number of nitrogens with zero attached hydrogens (tertiary/aromatic N) is 5. The Morgan fingerprint density at radius 1 is 1.27 bits per heavy atom. The summed E-state index contributed by atoms with van der Waals surface area (Å²) in [5.74, 6) is 0. The summed E-state index contributed by atoms with van der Waals surface area (Å²) >= 11 is 0. The standard InChI is InChI=1S/C3H6N5P3/c1-8(2)3-4-5-6-7-10-11-9-3/h1-2H3. The molecule has 5 nitrogen and oxygen atoms in total. The molecule has 0 spiro atoms. The maximum absolute atomic E-state index is 3.87. The summed E-state index contributed by atoms with van der Waals surface area (Å²) in [5, 5.41) is 10.9. The molecule has 0 bridgehead atoms. The molecule has 0 fully saturated rings. The summed E-state index contributed by atoms with van der Waals surface area (Å²) in [6.45, 7) is 0. The van der Waals surface area contributed by atoms with Gasteiger partial charge in [0.1, 0.15) is 8.02 Å². The lowest BCUT2D eigenvalue weighted by atomic mass is 10.9. The molecule has 0 saturated heterocycles. The molecule has 0 saturated carbocycles. The SMILES string of the molecule is CN(C)C1=PP=PN=NN=N1. The van der Waals surface area contributed by atoms with Crippen LogP contribution in [-0.2, 0) is 0 Å². The van der Waals surface area contributed by atoms with Crippen molar-refractivity contribution in [1.29, 1.82) is 0 Å². The Morgan fingerprint density at radius 3 is 2.82 bits per heavy atom. The van der Waals surface area contributed by atoms with Crippen molar-refractivity contribution in [2.45, 2.75) is 0 Å². The molecule has 0 unspecified atom stereocenters. The lowest BCUT2D eigenvalue weighted by molar-refractivity contribution is 0.622. The third-order valence-corrected chi connectivity index (χ3v) is 4.64. The molecular weight excluding hydrogens is 199 g/mol. The molecule has 1 heterocycles. The molecule has 0 amide bonds. The highest BCUT2D eigenvalue weighted by molar-refractivity contribution is 8.24. The molecule has 0 aromatic heterocycles. The Labute approximate surface area is 69.1 Å². The van der Waals surface area contributed by atoms with Gasteiger partial charge in [-0.2, -0.15) is 0 Å². The largest absolute Gasteiger partial charge is 0.260 e. The van der Waals surface area contributed by atoms with Crippen LogP contribution < -0.4 is 0 Å². The van der Waals surface area contributed by atoms with E-state index in [9.17, 15) is 0 Å². The first-order chi connectivity index (χ1) is 5.30. The average molecular weight is 205 g/mol. The first-order valence-electron chi connectivity index (χ1n) is 2.77. The molecule has 0 atom stereocenters. The van der Waals surface area contributed by atoms with Gasteiger partial charge in [0.05, 0.1) is 0 Å². The van der Waals surface area contributed by atoms with Gasteiger partial charge >= 0.3 is 0 Å². The second-order valence-corrected chi connectivity index (χ2v) is 6.26. The van der Waals surface area contributed by atoms with Gasteiger partial charge in [0, 0.05) is 15.4 Å². The van der Waals surface area contributed by atoms with E-state index in [4.69, 9.17) is 0 Å². The molecule has 1 aliphatic rings. The van der Waals surface area contributed by atoms with Crippen molar-refractivity contribution < 1.29 is 0 Å². The highest BCUT2D eigenvalue weighted by Gasteiger charge is 1.97. The Morgan fingerprint density at radius 2 is 2.09 bits per heavy atom. The van der Waals surface area contributed by atoms with E-state index in [2.05, 4.69) is 20.4 Å². The highest BCUT2D eigenvalue weighted by Crippen LogP contribution is 2.33. The molecule has 11 heavy (non-hydrogen) atoms. The summed E-state index contributed by atoms with van der Waals surface area (Å²) in [5.41, 5.74) is 0.915. The number of hydrogen-bond acceptors (Lipinski definition) is 5. The van der Waals surface area contributed by atoms with Gasteiger partial charge in [-0.25, -0.2) is 0 Å². The normalized spacial score (nSPS) is 20.8. The summed E-state index contributed by atoms with van der Waals surface area (Å²) in [6.07, 6.45) is 0. The molecule has 58 valence electrons. The third kappa shape index (κ3) is 3.22. The molecule has 0 N–H and O–H groups in total. The van der Waals surface area contributed by atoms with Crippen LogP contribution in [0.15, 0.2) is 20.4 Å². The van der Waals surface area contributed by atoms with Gasteiger partial charge in [0.15, 0.2) is 5.54 Å². The fourth-order valence-electron chi connectivity index (χ4n) is 0.373. The van der Waals surface area contributed by atoms with Crippen LogP contribution >= 0.6 is 23.5 Å². The van der Waals surface area contributed by atoms with Crippen LogP contribution in [0.25, 0.3) is 0 Å². The smallest absolute Gasteiger partial charge is 0.164 e. The summed E-state index contributed by atoms with van der Waals surface area (Å²) in [7, 11) is 7.09. The molecule has 8 heteroatoms. The highest BCUT2D eigenvalue weighted by atomic mass is 32.2. The van der Waals surface area contributed by atoms with Crippen molar-refractivity contribution in [2.24, 2.45) is 20.4 Å². The van der Waals surface area contributed by atoms with Crippen LogP contribution in [0, 0.1) is 0 Å². The Kier molecular flexibility index (Phi) is 3.88. The van der Waals surface area contributed by atoms with Crippen LogP contribution in [0.4, 0.5) is 0 Å². The van der Waals surface area contributed by atoms with Gasteiger partial charge in [0.2, 0.25) is 0 Å². The minimum atomic E-state index is 0.915. The Hall–Kier alpha value is -0.0700. The van der Waals surface area contributed by atoms with E-state index in [1.165, 1.54) is 7.56 Å². The Bertz CT molecular complexity index is 241. The maximum Gasteiger partial charge on any atom is 0.164 e. The number of rotatable bonds is 1. The zero-order chi connectivity index (χ0) is 8.10. The van der Waals surface area contributed by atoms with E-state index < -0.39 is 0 Å². The van der Waals surface area contributed by atoms with Gasteiger partial charge in [0.25, 0.3) is 0 Å². The third-order valence-electron chi connectivity index (χ3n) is 0.828. The quantitative estimate of drug-likeness (QED) is 0.606. The first kappa shape index (κ1) is 9.02. The lowest BCUT2D eigenvalue weighted by Gasteiger charge is -2.05. The van der Waals surface area contributed by atoms with E-state index in [0.29, 0.717) is 0 Å². The van der Waals surface area contributed by atoms with Gasteiger partial charge in [-0.15, -0.1) is 10.00 Å². The van der Waals surface area contributed by atoms with Crippen LogP contribution in [0.2, 0.25) is 0 Å². The van der Waals surface area contributed by atoms with Crippen molar-refractivity contribution in [2.75, 3.05) is 14.1 Å². The second kappa shape index (κ2) is 4.74. The topological polar surface area (TPSA) is 52.7 Å². The molecule has 1 aliphatic heterocycles. The zero-order valence-corrected chi connectivity index (χ0v) is 8.76. The minimum Gasteiger partial charge on any atom is -0.260 e. The molecule has 0 aromatic carbocycles. The zero-order valence-electron chi connectivity index (χ0n) is 6.08. The summed E-state index contributed by atoms with van der Waals surface area (Å²) in [4.78, 5) is 5.64. The van der Waals surface area contributed by atoms with E-state index in [-0.39, 0.29) is 0 Å². The van der Waals surface area contributed by atoms with Crippen molar-refractivity contribution >= 4 is 29.0 Å². The fraction of sp³-hybridized carbons (Fsp3) is 0.667. The number of hydrogen-bond donors (Lipinski definition) is 0. The predicted molar refractivity (Wildman–Crippen MR) is 49.2 cm³/mol. The van der Waals surface area contributed by atoms with Crippen molar-refractivity contribution in [3.8, 4) is 0 Å². The van der Waals surface area contributed by atoms with Crippen LogP contribution in [-0.4, -0.2) is 24.5 Å². The lowest BCUT2D eigenvalue weighted by Crippen LogP contribution is -2.16. The molecular formula is C3H6N5P3. The van der Waals surface area contributed by atoms with Crippen LogP contribution in [0.3, 0.4) is 0 Å². The molecule has 0 aromatic rings. The maximum atomic E-state index is 3.87. The summed E-state index contributed by atoms with van der Waals surface area (Å²) < 4.78 is 0. The first-order valence-corrected chi connectivity index (χ1v) is 6.81. The van der Waals surface area contributed by atoms with Crippen molar-refractivity contribution in [3.63, 3.8) is 0 Å². The van der Waals surface area contributed by atoms with Crippen molar-refractivity contribution in [1.82, 2.24) is 4.90 Å². The van der Waals surface area contributed by atoms with Gasteiger partial charge < -0.3 is 0 Å². The average Bonchev–Trinajstić information content (AvgIpc) is 1.84. The monoisotopic (exact) mass is 205 g/mol. The molecule has 1 rings (SSSR count). The molecule has 0 aliphatic carbocycles. The van der Waals surface area contributed by atoms with Gasteiger partial charge in [-0.3, -0.25) is 4.90 Å². The van der Waals surface area contributed by atoms with E-state index in [0.717, 1.165) is 21.5 Å². The van der Waals surface area contributed by atoms with Crippen LogP contribution in [0.1, 0.15) is 0 Å². The van der Waals surface area contributed by atoms with E-state index in [1.54, 1.807) is 0 Å². The van der Waals surface area contributed by atoms with Gasteiger partial charge in [-0.1, -0.05) is 0 Å². The van der Waals surface area contributed by atoms with Gasteiger partial charge in [-0.05, 0) is 24.5 Å². The van der Waals surface area contributed by atoms with Crippen molar-refractivity contribution in [3.05, 3.63) is 0 Å². The summed E-state index contributed by atoms with van der Waals surface area (Å²) in [6, 6.07) is 0. The van der Waals surface area contributed by atoms with E-state index >= 15 is 0 Å². The minimum absolute atomic E-state index is 0.915. The van der Waals surface area contributed by atoms with Crippen LogP contribution in [0.5, 0.6) is 0 Å². The molecule has 0 radical (unpaired) electrons. The fourth-order valence-corrected chi connectivity index (χ4v) is 3.49. The Balaban J connectivity index is 2.78.